The number of piperazine rings is 1. The number of benzene rings is 1. The first-order valence-corrected chi connectivity index (χ1v) is 9.87. The number of hydrogen-bond donors (Lipinski definition) is 0. The van der Waals surface area contributed by atoms with Gasteiger partial charge < -0.3 is 9.64 Å². The van der Waals surface area contributed by atoms with E-state index < -0.39 is 0 Å². The Balaban J connectivity index is 1.42. The smallest absolute Gasteiger partial charge is 0.168 e. The topological polar surface area (TPSA) is 59.3 Å². The molecule has 3 heterocycles. The van der Waals surface area contributed by atoms with Gasteiger partial charge in [0.2, 0.25) is 0 Å². The fourth-order valence-electron chi connectivity index (χ4n) is 4.15. The van der Waals surface area contributed by atoms with Gasteiger partial charge in [0.25, 0.3) is 0 Å². The van der Waals surface area contributed by atoms with Gasteiger partial charge in [0.1, 0.15) is 5.82 Å². The Bertz CT molecular complexity index is 739. The number of tetrazole rings is 1. The van der Waals surface area contributed by atoms with Crippen LogP contribution in [-0.4, -0.2) is 64.0 Å². The van der Waals surface area contributed by atoms with Crippen LogP contribution in [0.25, 0.3) is 0 Å². The van der Waals surface area contributed by atoms with E-state index in [1.165, 1.54) is 6.07 Å². The van der Waals surface area contributed by atoms with Crippen LogP contribution in [0.4, 0.5) is 10.1 Å². The summed E-state index contributed by atoms with van der Waals surface area (Å²) in [4.78, 5) is 4.53. The molecule has 7 nitrogen and oxygen atoms in total. The number of aromatic nitrogens is 4. The number of ether oxygens (including phenoxy) is 1. The molecule has 0 N–H and O–H groups in total. The summed E-state index contributed by atoms with van der Waals surface area (Å²) < 4.78 is 21.7. The van der Waals surface area contributed by atoms with E-state index in [0.717, 1.165) is 57.9 Å². The minimum atomic E-state index is -0.154. The molecular weight excluding hydrogens is 347 g/mol. The molecule has 0 bridgehead atoms. The van der Waals surface area contributed by atoms with E-state index in [0.29, 0.717) is 12.2 Å². The zero-order valence-electron chi connectivity index (χ0n) is 15.8. The Kier molecular flexibility index (Phi) is 5.63. The Hall–Kier alpha value is -2.06. The van der Waals surface area contributed by atoms with E-state index in [1.54, 1.807) is 6.07 Å². The van der Waals surface area contributed by atoms with Crippen molar-refractivity contribution in [2.75, 3.05) is 37.7 Å². The van der Waals surface area contributed by atoms with Gasteiger partial charge in [0.05, 0.1) is 24.4 Å². The Labute approximate surface area is 159 Å². The summed E-state index contributed by atoms with van der Waals surface area (Å²) >= 11 is 0. The molecule has 2 saturated heterocycles. The van der Waals surface area contributed by atoms with Crippen molar-refractivity contribution < 1.29 is 9.13 Å². The number of rotatable bonds is 6. The monoisotopic (exact) mass is 374 g/mol. The molecule has 2 atom stereocenters. The molecule has 2 aromatic rings. The summed E-state index contributed by atoms with van der Waals surface area (Å²) in [7, 11) is 0. The fourth-order valence-corrected chi connectivity index (χ4v) is 4.15. The van der Waals surface area contributed by atoms with Gasteiger partial charge >= 0.3 is 0 Å². The molecule has 0 unspecified atom stereocenters. The molecule has 0 spiro atoms. The van der Waals surface area contributed by atoms with Crippen LogP contribution in [0.15, 0.2) is 24.3 Å². The van der Waals surface area contributed by atoms with Crippen molar-refractivity contribution in [1.29, 1.82) is 0 Å². The molecule has 2 aliphatic rings. The molecule has 2 aliphatic heterocycles. The minimum absolute atomic E-state index is 0.154. The SMILES string of the molecule is CC[C@H](c1nnnn1C[C@@H]1CCCO1)N1CCN(c2ccccc2F)CC1. The maximum Gasteiger partial charge on any atom is 0.168 e. The first kappa shape index (κ1) is 18.3. The van der Waals surface area contributed by atoms with Crippen LogP contribution in [0.3, 0.4) is 0 Å². The predicted molar refractivity (Wildman–Crippen MR) is 100 cm³/mol. The highest BCUT2D eigenvalue weighted by atomic mass is 19.1. The van der Waals surface area contributed by atoms with E-state index in [1.807, 2.05) is 16.8 Å². The van der Waals surface area contributed by atoms with Crippen molar-refractivity contribution in [2.45, 2.75) is 44.9 Å². The Morgan fingerprint density at radius 2 is 2.04 bits per heavy atom. The van der Waals surface area contributed by atoms with Crippen LogP contribution in [0.2, 0.25) is 0 Å². The molecular formula is C19H27FN6O. The summed E-state index contributed by atoms with van der Waals surface area (Å²) in [6.07, 6.45) is 3.32. The van der Waals surface area contributed by atoms with Crippen molar-refractivity contribution >= 4 is 5.69 Å². The van der Waals surface area contributed by atoms with Crippen LogP contribution in [0.5, 0.6) is 0 Å². The fraction of sp³-hybridized carbons (Fsp3) is 0.632. The highest BCUT2D eigenvalue weighted by Gasteiger charge is 2.29. The molecule has 4 rings (SSSR count). The van der Waals surface area contributed by atoms with Gasteiger partial charge in [0, 0.05) is 32.8 Å². The van der Waals surface area contributed by atoms with Crippen molar-refractivity contribution in [3.63, 3.8) is 0 Å². The maximum absolute atomic E-state index is 14.1. The van der Waals surface area contributed by atoms with Gasteiger partial charge in [-0.3, -0.25) is 4.90 Å². The molecule has 146 valence electrons. The van der Waals surface area contributed by atoms with Crippen LogP contribution < -0.4 is 4.90 Å². The highest BCUT2D eigenvalue weighted by Crippen LogP contribution is 2.27. The van der Waals surface area contributed by atoms with Crippen molar-refractivity contribution in [1.82, 2.24) is 25.1 Å². The summed E-state index contributed by atoms with van der Waals surface area (Å²) in [6, 6.07) is 7.17. The van der Waals surface area contributed by atoms with Gasteiger partial charge in [-0.15, -0.1) is 5.10 Å². The summed E-state index contributed by atoms with van der Waals surface area (Å²) in [6.45, 7) is 7.03. The second-order valence-electron chi connectivity index (χ2n) is 7.25. The van der Waals surface area contributed by atoms with Gasteiger partial charge in [-0.2, -0.15) is 0 Å². The molecule has 1 aromatic heterocycles. The Morgan fingerprint density at radius 1 is 1.22 bits per heavy atom. The lowest BCUT2D eigenvalue weighted by molar-refractivity contribution is 0.0894. The first-order valence-electron chi connectivity index (χ1n) is 9.87. The number of hydrogen-bond acceptors (Lipinski definition) is 6. The van der Waals surface area contributed by atoms with Crippen molar-refractivity contribution in [3.8, 4) is 0 Å². The van der Waals surface area contributed by atoms with E-state index in [9.17, 15) is 4.39 Å². The van der Waals surface area contributed by atoms with Crippen molar-refractivity contribution in [2.24, 2.45) is 0 Å². The Morgan fingerprint density at radius 3 is 2.74 bits per heavy atom. The molecule has 0 aliphatic carbocycles. The minimum Gasteiger partial charge on any atom is -0.376 e. The van der Waals surface area contributed by atoms with Gasteiger partial charge in [-0.05, 0) is 41.8 Å². The van der Waals surface area contributed by atoms with E-state index in [-0.39, 0.29) is 18.0 Å². The zero-order valence-corrected chi connectivity index (χ0v) is 15.8. The number of para-hydroxylation sites is 1. The summed E-state index contributed by atoms with van der Waals surface area (Å²) in [5.41, 5.74) is 0.688. The van der Waals surface area contributed by atoms with E-state index in [2.05, 4.69) is 32.2 Å². The lowest BCUT2D eigenvalue weighted by Crippen LogP contribution is -2.48. The van der Waals surface area contributed by atoms with E-state index >= 15 is 0 Å². The molecule has 8 heteroatoms. The lowest BCUT2D eigenvalue weighted by Gasteiger charge is -2.39. The average molecular weight is 374 g/mol. The lowest BCUT2D eigenvalue weighted by atomic mass is 10.1. The van der Waals surface area contributed by atoms with Crippen LogP contribution in [0, 0.1) is 5.82 Å². The number of halogens is 1. The van der Waals surface area contributed by atoms with Crippen LogP contribution in [0.1, 0.15) is 38.1 Å². The molecule has 2 fully saturated rings. The second-order valence-corrected chi connectivity index (χ2v) is 7.25. The molecule has 0 saturated carbocycles. The number of nitrogens with zero attached hydrogens (tertiary/aromatic N) is 6. The predicted octanol–water partition coefficient (Wildman–Crippen LogP) is 2.26. The third-order valence-corrected chi connectivity index (χ3v) is 5.59. The maximum atomic E-state index is 14.1. The third kappa shape index (κ3) is 3.96. The third-order valence-electron chi connectivity index (χ3n) is 5.59. The van der Waals surface area contributed by atoms with Gasteiger partial charge in [-0.25, -0.2) is 9.07 Å². The largest absolute Gasteiger partial charge is 0.376 e. The van der Waals surface area contributed by atoms with Crippen LogP contribution in [-0.2, 0) is 11.3 Å². The zero-order chi connectivity index (χ0) is 18.6. The van der Waals surface area contributed by atoms with Crippen LogP contribution >= 0.6 is 0 Å². The summed E-state index contributed by atoms with van der Waals surface area (Å²) in [5.74, 6) is 0.755. The quantitative estimate of drug-likeness (QED) is 0.773. The van der Waals surface area contributed by atoms with Gasteiger partial charge in [0.15, 0.2) is 5.82 Å². The van der Waals surface area contributed by atoms with E-state index in [4.69, 9.17) is 4.74 Å². The standard InChI is InChI=1S/C19H27FN6O/c1-2-17(19-21-22-23-26(19)14-15-6-5-13-27-15)24-9-11-25(12-10-24)18-8-4-3-7-16(18)20/h3-4,7-8,15,17H,2,5-6,9-14H2,1H3/t15-,17+/m0/s1. The van der Waals surface area contributed by atoms with Crippen molar-refractivity contribution in [3.05, 3.63) is 35.9 Å². The first-order chi connectivity index (χ1) is 13.3. The normalized spacial score (nSPS) is 22.3. The highest BCUT2D eigenvalue weighted by molar-refractivity contribution is 5.48. The number of anilines is 1. The molecule has 27 heavy (non-hydrogen) atoms. The average Bonchev–Trinajstić information content (AvgIpc) is 3.37. The second kappa shape index (κ2) is 8.31. The summed E-state index contributed by atoms with van der Waals surface area (Å²) in [5, 5.41) is 12.5. The molecule has 0 radical (unpaired) electrons. The molecule has 0 amide bonds. The van der Waals surface area contributed by atoms with Gasteiger partial charge in [-0.1, -0.05) is 19.1 Å². The molecule has 1 aromatic carbocycles.